The van der Waals surface area contributed by atoms with Crippen LogP contribution < -0.4 is 14.2 Å². The van der Waals surface area contributed by atoms with Crippen LogP contribution in [0, 0.1) is 0 Å². The van der Waals surface area contributed by atoms with Gasteiger partial charge in [-0.2, -0.15) is 0 Å². The fourth-order valence-corrected chi connectivity index (χ4v) is 2.93. The zero-order chi connectivity index (χ0) is 13.2. The predicted octanol–water partition coefficient (Wildman–Crippen LogP) is 3.50. The Kier molecular flexibility index (Phi) is 3.44. The molecule has 98 valence electrons. The minimum atomic E-state index is -0.382. The Morgan fingerprint density at radius 1 is 1.16 bits per heavy atom. The van der Waals surface area contributed by atoms with Crippen LogP contribution in [0.2, 0.25) is 0 Å². The van der Waals surface area contributed by atoms with E-state index < -0.39 is 0 Å². The molecule has 0 unspecified atom stereocenters. The number of thiophene rings is 1. The Morgan fingerprint density at radius 2 is 1.95 bits per heavy atom. The summed E-state index contributed by atoms with van der Waals surface area (Å²) in [5, 5.41) is 0. The zero-order valence-corrected chi connectivity index (χ0v) is 12.1. The molecule has 1 aromatic heterocycles. The monoisotopic (exact) mass is 340 g/mol. The summed E-state index contributed by atoms with van der Waals surface area (Å²) in [6, 6.07) is 8.62. The fourth-order valence-electron chi connectivity index (χ4n) is 1.67. The summed E-state index contributed by atoms with van der Waals surface area (Å²) in [7, 11) is 0. The number of halogens is 1. The Balaban J connectivity index is 1.78. The van der Waals surface area contributed by atoms with E-state index in [1.54, 1.807) is 24.3 Å². The SMILES string of the molecule is O=C(Oc1ccc2c(c1)OCCO2)c1ccc(Br)s1. The van der Waals surface area contributed by atoms with Gasteiger partial charge in [0, 0.05) is 6.07 Å². The number of esters is 1. The van der Waals surface area contributed by atoms with Gasteiger partial charge >= 0.3 is 5.97 Å². The van der Waals surface area contributed by atoms with Crippen molar-refractivity contribution in [1.82, 2.24) is 0 Å². The maximum atomic E-state index is 11.9. The smallest absolute Gasteiger partial charge is 0.353 e. The highest BCUT2D eigenvalue weighted by molar-refractivity contribution is 9.11. The van der Waals surface area contributed by atoms with Crippen LogP contribution in [0.4, 0.5) is 0 Å². The largest absolute Gasteiger partial charge is 0.486 e. The maximum Gasteiger partial charge on any atom is 0.353 e. The van der Waals surface area contributed by atoms with Gasteiger partial charge in [-0.15, -0.1) is 11.3 Å². The quantitative estimate of drug-likeness (QED) is 0.620. The van der Waals surface area contributed by atoms with Crippen LogP contribution in [-0.4, -0.2) is 19.2 Å². The van der Waals surface area contributed by atoms with Gasteiger partial charge in [0.1, 0.15) is 23.8 Å². The first-order valence-electron chi connectivity index (χ1n) is 5.59. The molecule has 0 N–H and O–H groups in total. The summed E-state index contributed by atoms with van der Waals surface area (Å²) in [5.41, 5.74) is 0. The van der Waals surface area contributed by atoms with E-state index in [-0.39, 0.29) is 5.97 Å². The lowest BCUT2D eigenvalue weighted by Gasteiger charge is -2.18. The molecule has 1 aliphatic rings. The Labute approximate surface area is 122 Å². The fraction of sp³-hybridized carbons (Fsp3) is 0.154. The van der Waals surface area contributed by atoms with Crippen LogP contribution in [0.3, 0.4) is 0 Å². The first-order chi connectivity index (χ1) is 9.22. The van der Waals surface area contributed by atoms with Gasteiger partial charge < -0.3 is 14.2 Å². The molecule has 0 saturated carbocycles. The highest BCUT2D eigenvalue weighted by Crippen LogP contribution is 2.34. The van der Waals surface area contributed by atoms with Crippen LogP contribution in [0.1, 0.15) is 9.67 Å². The van der Waals surface area contributed by atoms with Gasteiger partial charge in [0.25, 0.3) is 0 Å². The molecule has 19 heavy (non-hydrogen) atoms. The standard InChI is InChI=1S/C13H9BrO4S/c14-12-4-3-11(19-12)13(15)18-8-1-2-9-10(7-8)17-6-5-16-9/h1-4,7H,5-6H2. The lowest BCUT2D eigenvalue weighted by molar-refractivity contribution is 0.0738. The van der Waals surface area contributed by atoms with Crippen LogP contribution in [-0.2, 0) is 0 Å². The van der Waals surface area contributed by atoms with Crippen LogP contribution in [0.5, 0.6) is 17.2 Å². The van der Waals surface area contributed by atoms with Crippen molar-refractivity contribution in [1.29, 1.82) is 0 Å². The first-order valence-corrected chi connectivity index (χ1v) is 7.20. The van der Waals surface area contributed by atoms with Crippen molar-refractivity contribution >= 4 is 33.2 Å². The molecular formula is C13H9BrO4S. The molecule has 2 aromatic rings. The number of fused-ring (bicyclic) bond motifs is 1. The Bertz CT molecular complexity index is 623. The van der Waals surface area contributed by atoms with Crippen molar-refractivity contribution in [3.05, 3.63) is 39.0 Å². The molecule has 0 spiro atoms. The molecule has 0 aliphatic carbocycles. The number of hydrogen-bond acceptors (Lipinski definition) is 5. The summed E-state index contributed by atoms with van der Waals surface area (Å²) < 4.78 is 17.0. The molecule has 0 saturated heterocycles. The molecule has 0 atom stereocenters. The summed E-state index contributed by atoms with van der Waals surface area (Å²) in [6.45, 7) is 1.04. The lowest BCUT2D eigenvalue weighted by atomic mass is 10.3. The van der Waals surface area contributed by atoms with Gasteiger partial charge in [0.2, 0.25) is 0 Å². The van der Waals surface area contributed by atoms with Gasteiger partial charge in [-0.25, -0.2) is 4.79 Å². The van der Waals surface area contributed by atoms with Crippen LogP contribution in [0.25, 0.3) is 0 Å². The van der Waals surface area contributed by atoms with Gasteiger partial charge in [-0.1, -0.05) is 0 Å². The average molecular weight is 341 g/mol. The van der Waals surface area contributed by atoms with E-state index in [0.29, 0.717) is 35.3 Å². The van der Waals surface area contributed by atoms with E-state index in [1.807, 2.05) is 6.07 Å². The summed E-state index contributed by atoms with van der Waals surface area (Å²) in [4.78, 5) is 12.4. The third-order valence-electron chi connectivity index (χ3n) is 2.50. The summed E-state index contributed by atoms with van der Waals surface area (Å²) in [5.74, 6) is 1.33. The van der Waals surface area contributed by atoms with E-state index >= 15 is 0 Å². The second kappa shape index (κ2) is 5.22. The minimum absolute atomic E-state index is 0.382. The van der Waals surface area contributed by atoms with Gasteiger partial charge in [-0.05, 0) is 40.2 Å². The van der Waals surface area contributed by atoms with E-state index in [0.717, 1.165) is 3.79 Å². The number of carbonyl (C=O) groups excluding carboxylic acids is 1. The highest BCUT2D eigenvalue weighted by atomic mass is 79.9. The first kappa shape index (κ1) is 12.5. The highest BCUT2D eigenvalue weighted by Gasteiger charge is 2.15. The number of carbonyl (C=O) groups is 1. The topological polar surface area (TPSA) is 44.8 Å². The number of ether oxygens (including phenoxy) is 3. The number of benzene rings is 1. The third kappa shape index (κ3) is 2.74. The van der Waals surface area contributed by atoms with Crippen molar-refractivity contribution in [2.75, 3.05) is 13.2 Å². The molecule has 0 radical (unpaired) electrons. The van der Waals surface area contributed by atoms with Crippen molar-refractivity contribution < 1.29 is 19.0 Å². The molecule has 6 heteroatoms. The van der Waals surface area contributed by atoms with Crippen molar-refractivity contribution in [3.8, 4) is 17.2 Å². The van der Waals surface area contributed by atoms with Crippen LogP contribution >= 0.6 is 27.3 Å². The van der Waals surface area contributed by atoms with E-state index in [9.17, 15) is 4.79 Å². The van der Waals surface area contributed by atoms with Crippen molar-refractivity contribution in [2.24, 2.45) is 0 Å². The zero-order valence-electron chi connectivity index (χ0n) is 9.72. The summed E-state index contributed by atoms with van der Waals surface area (Å²) >= 11 is 4.64. The molecule has 1 aromatic carbocycles. The Hall–Kier alpha value is -1.53. The minimum Gasteiger partial charge on any atom is -0.486 e. The molecule has 0 fully saturated rings. The Morgan fingerprint density at radius 3 is 2.68 bits per heavy atom. The predicted molar refractivity (Wildman–Crippen MR) is 74.4 cm³/mol. The summed E-state index contributed by atoms with van der Waals surface area (Å²) in [6.07, 6.45) is 0. The lowest BCUT2D eigenvalue weighted by Crippen LogP contribution is -2.15. The van der Waals surface area contributed by atoms with Crippen molar-refractivity contribution in [3.63, 3.8) is 0 Å². The third-order valence-corrected chi connectivity index (χ3v) is 4.10. The second-order valence-electron chi connectivity index (χ2n) is 3.80. The maximum absolute atomic E-state index is 11.9. The molecule has 0 bridgehead atoms. The number of hydrogen-bond donors (Lipinski definition) is 0. The molecule has 0 amide bonds. The molecule has 4 nitrogen and oxygen atoms in total. The normalized spacial score (nSPS) is 13.1. The van der Waals surface area contributed by atoms with Crippen molar-refractivity contribution in [2.45, 2.75) is 0 Å². The van der Waals surface area contributed by atoms with Gasteiger partial charge in [-0.3, -0.25) is 0 Å². The van der Waals surface area contributed by atoms with Gasteiger partial charge in [0.15, 0.2) is 11.5 Å². The average Bonchev–Trinajstić information content (AvgIpc) is 2.85. The molecule has 1 aliphatic heterocycles. The van der Waals surface area contributed by atoms with E-state index in [2.05, 4.69) is 15.9 Å². The van der Waals surface area contributed by atoms with E-state index in [1.165, 1.54) is 11.3 Å². The molecule has 2 heterocycles. The molecular weight excluding hydrogens is 332 g/mol. The number of rotatable bonds is 2. The second-order valence-corrected chi connectivity index (χ2v) is 6.26. The molecule has 3 rings (SSSR count). The van der Waals surface area contributed by atoms with Gasteiger partial charge in [0.05, 0.1) is 3.79 Å². The van der Waals surface area contributed by atoms with E-state index in [4.69, 9.17) is 14.2 Å². The van der Waals surface area contributed by atoms with Crippen LogP contribution in [0.15, 0.2) is 34.1 Å².